The molecule has 26 heavy (non-hydrogen) atoms. The van der Waals surface area contributed by atoms with Gasteiger partial charge in [0.1, 0.15) is 5.60 Å². The summed E-state index contributed by atoms with van der Waals surface area (Å²) in [6.07, 6.45) is 3.58. The molecule has 0 aliphatic heterocycles. The Morgan fingerprint density at radius 1 is 1.12 bits per heavy atom. The van der Waals surface area contributed by atoms with Gasteiger partial charge in [0.05, 0.1) is 0 Å². The maximum Gasteiger partial charge on any atom is 0.410 e. The number of nitrogens with zero attached hydrogens (tertiary/aromatic N) is 1. The zero-order valence-corrected chi connectivity index (χ0v) is 16.7. The van der Waals surface area contributed by atoms with E-state index in [2.05, 4.69) is 5.32 Å². The van der Waals surface area contributed by atoms with Gasteiger partial charge in [0, 0.05) is 25.2 Å². The first kappa shape index (κ1) is 21.7. The Morgan fingerprint density at radius 2 is 1.77 bits per heavy atom. The summed E-state index contributed by atoms with van der Waals surface area (Å²) >= 11 is 0. The van der Waals surface area contributed by atoms with Crippen LogP contribution in [0.25, 0.3) is 0 Å². The van der Waals surface area contributed by atoms with E-state index in [4.69, 9.17) is 4.74 Å². The van der Waals surface area contributed by atoms with Gasteiger partial charge in [-0.2, -0.15) is 0 Å². The van der Waals surface area contributed by atoms with Crippen molar-refractivity contribution in [3.05, 3.63) is 42.0 Å². The van der Waals surface area contributed by atoms with E-state index in [0.717, 1.165) is 17.7 Å². The first-order valence-electron chi connectivity index (χ1n) is 9.13. The van der Waals surface area contributed by atoms with Crippen LogP contribution in [0.15, 0.2) is 42.0 Å². The Balaban J connectivity index is 2.43. The summed E-state index contributed by atoms with van der Waals surface area (Å²) in [5, 5.41) is 2.87. The molecular weight excluding hydrogens is 328 g/mol. The smallest absolute Gasteiger partial charge is 0.410 e. The van der Waals surface area contributed by atoms with Gasteiger partial charge in [-0.15, -0.1) is 0 Å². The van der Waals surface area contributed by atoms with Crippen LogP contribution in [-0.4, -0.2) is 35.6 Å². The summed E-state index contributed by atoms with van der Waals surface area (Å²) < 4.78 is 5.47. The molecular formula is C21H32N2O3. The van der Waals surface area contributed by atoms with Gasteiger partial charge >= 0.3 is 6.09 Å². The number of hydrogen-bond donors (Lipinski definition) is 1. The molecule has 2 amide bonds. The van der Waals surface area contributed by atoms with Gasteiger partial charge in [-0.1, -0.05) is 29.8 Å². The van der Waals surface area contributed by atoms with E-state index in [9.17, 15) is 9.59 Å². The molecule has 1 N–H and O–H groups in total. The second kappa shape index (κ2) is 10.6. The number of ether oxygens (including phenoxy) is 1. The number of unbranched alkanes of at least 4 members (excludes halogenated alkanes) is 1. The maximum atomic E-state index is 12.3. The second-order valence-electron chi connectivity index (χ2n) is 7.58. The lowest BCUT2D eigenvalue weighted by Gasteiger charge is -2.26. The molecule has 0 aliphatic rings. The molecule has 1 aromatic carbocycles. The van der Waals surface area contributed by atoms with E-state index in [1.54, 1.807) is 4.90 Å². The quantitative estimate of drug-likeness (QED) is 0.524. The molecule has 0 heterocycles. The lowest BCUT2D eigenvalue weighted by molar-refractivity contribution is -0.116. The van der Waals surface area contributed by atoms with Crippen LogP contribution in [0.4, 0.5) is 10.5 Å². The fraction of sp³-hybridized carbons (Fsp3) is 0.524. The van der Waals surface area contributed by atoms with Crippen LogP contribution in [0, 0.1) is 0 Å². The van der Waals surface area contributed by atoms with Crippen molar-refractivity contribution in [2.45, 2.75) is 59.5 Å². The van der Waals surface area contributed by atoms with E-state index in [1.165, 1.54) is 0 Å². The van der Waals surface area contributed by atoms with Crippen LogP contribution >= 0.6 is 0 Å². The number of rotatable bonds is 8. The first-order chi connectivity index (χ1) is 12.2. The number of para-hydroxylation sites is 1. The Hall–Kier alpha value is -2.30. The van der Waals surface area contributed by atoms with Crippen molar-refractivity contribution >= 4 is 17.7 Å². The molecule has 5 nitrogen and oxygen atoms in total. The number of amides is 2. The molecule has 0 unspecified atom stereocenters. The number of carbonyl (C=O) groups is 2. The van der Waals surface area contributed by atoms with Gasteiger partial charge in [0.15, 0.2) is 0 Å². The summed E-state index contributed by atoms with van der Waals surface area (Å²) in [5.41, 5.74) is 1.44. The number of benzene rings is 1. The number of nitrogens with one attached hydrogen (secondary N) is 1. The Morgan fingerprint density at radius 3 is 2.35 bits per heavy atom. The van der Waals surface area contributed by atoms with Crippen molar-refractivity contribution in [3.8, 4) is 0 Å². The minimum Gasteiger partial charge on any atom is -0.444 e. The van der Waals surface area contributed by atoms with E-state index in [-0.39, 0.29) is 12.0 Å². The van der Waals surface area contributed by atoms with Gasteiger partial charge in [-0.3, -0.25) is 4.79 Å². The zero-order valence-electron chi connectivity index (χ0n) is 16.7. The molecule has 0 fully saturated rings. The summed E-state index contributed by atoms with van der Waals surface area (Å²) in [6.45, 7) is 10.7. The van der Waals surface area contributed by atoms with E-state index in [0.29, 0.717) is 25.9 Å². The van der Waals surface area contributed by atoms with Crippen molar-refractivity contribution in [3.63, 3.8) is 0 Å². The Bertz CT molecular complexity index is 599. The van der Waals surface area contributed by atoms with Gasteiger partial charge in [-0.25, -0.2) is 4.79 Å². The molecule has 0 aliphatic carbocycles. The van der Waals surface area contributed by atoms with Crippen LogP contribution in [0.3, 0.4) is 0 Å². The van der Waals surface area contributed by atoms with Crippen molar-refractivity contribution in [1.82, 2.24) is 4.90 Å². The highest BCUT2D eigenvalue weighted by Crippen LogP contribution is 2.12. The van der Waals surface area contributed by atoms with Crippen LogP contribution in [-0.2, 0) is 9.53 Å². The van der Waals surface area contributed by atoms with E-state index >= 15 is 0 Å². The normalized spacial score (nSPS) is 10.8. The number of anilines is 1. The molecule has 0 aromatic heterocycles. The minimum absolute atomic E-state index is 0.00989. The minimum atomic E-state index is -0.518. The topological polar surface area (TPSA) is 58.6 Å². The van der Waals surface area contributed by atoms with Crippen molar-refractivity contribution in [2.24, 2.45) is 0 Å². The molecule has 0 saturated carbocycles. The summed E-state index contributed by atoms with van der Waals surface area (Å²) in [7, 11) is 0. The SMILES string of the molecule is CC(C)=CCN(CCCCC(=O)Nc1ccccc1)C(=O)OC(C)(C)C. The van der Waals surface area contributed by atoms with Gasteiger partial charge in [0.25, 0.3) is 0 Å². The highest BCUT2D eigenvalue weighted by molar-refractivity contribution is 5.90. The van der Waals surface area contributed by atoms with Crippen LogP contribution < -0.4 is 5.32 Å². The third-order valence-corrected chi connectivity index (χ3v) is 3.51. The average Bonchev–Trinajstić information content (AvgIpc) is 2.53. The fourth-order valence-corrected chi connectivity index (χ4v) is 2.21. The van der Waals surface area contributed by atoms with Crippen molar-refractivity contribution in [2.75, 3.05) is 18.4 Å². The number of carbonyl (C=O) groups excluding carboxylic acids is 2. The predicted molar refractivity (Wildman–Crippen MR) is 106 cm³/mol. The maximum absolute atomic E-state index is 12.3. The van der Waals surface area contributed by atoms with Crippen molar-refractivity contribution in [1.29, 1.82) is 0 Å². The van der Waals surface area contributed by atoms with Crippen molar-refractivity contribution < 1.29 is 14.3 Å². The van der Waals surface area contributed by atoms with Crippen LogP contribution in [0.1, 0.15) is 53.9 Å². The number of allylic oxidation sites excluding steroid dienone is 1. The molecule has 0 bridgehead atoms. The highest BCUT2D eigenvalue weighted by Gasteiger charge is 2.21. The lowest BCUT2D eigenvalue weighted by Crippen LogP contribution is -2.37. The average molecular weight is 360 g/mol. The molecule has 0 spiro atoms. The molecule has 1 rings (SSSR count). The largest absolute Gasteiger partial charge is 0.444 e. The second-order valence-corrected chi connectivity index (χ2v) is 7.58. The third kappa shape index (κ3) is 9.87. The molecule has 5 heteroatoms. The zero-order chi connectivity index (χ0) is 19.6. The van der Waals surface area contributed by atoms with E-state index in [1.807, 2.05) is 71.0 Å². The van der Waals surface area contributed by atoms with Gasteiger partial charge in [-0.05, 0) is 59.6 Å². The predicted octanol–water partition coefficient (Wildman–Crippen LogP) is 5.00. The molecule has 0 radical (unpaired) electrons. The van der Waals surface area contributed by atoms with Crippen LogP contribution in [0.5, 0.6) is 0 Å². The van der Waals surface area contributed by atoms with Gasteiger partial charge in [0.2, 0.25) is 5.91 Å². The standard InChI is InChI=1S/C21H32N2O3/c1-17(2)14-16-23(20(25)26-21(3,4)5)15-10-9-13-19(24)22-18-11-7-6-8-12-18/h6-8,11-12,14H,9-10,13,15-16H2,1-5H3,(H,22,24). The molecule has 1 aromatic rings. The summed E-state index contributed by atoms with van der Waals surface area (Å²) in [4.78, 5) is 26.0. The van der Waals surface area contributed by atoms with Gasteiger partial charge < -0.3 is 15.0 Å². The summed E-state index contributed by atoms with van der Waals surface area (Å²) in [6, 6.07) is 9.41. The lowest BCUT2D eigenvalue weighted by atomic mass is 10.2. The Kier molecular flexibility index (Phi) is 8.90. The molecule has 0 saturated heterocycles. The first-order valence-corrected chi connectivity index (χ1v) is 9.13. The van der Waals surface area contributed by atoms with Crippen LogP contribution in [0.2, 0.25) is 0 Å². The molecule has 144 valence electrons. The summed E-state index contributed by atoms with van der Waals surface area (Å²) in [5.74, 6) is -0.00989. The third-order valence-electron chi connectivity index (χ3n) is 3.51. The molecule has 0 atom stereocenters. The monoisotopic (exact) mass is 360 g/mol. The number of hydrogen-bond acceptors (Lipinski definition) is 3. The van der Waals surface area contributed by atoms with E-state index < -0.39 is 5.60 Å². The Labute approximate surface area is 157 Å². The fourth-order valence-electron chi connectivity index (χ4n) is 2.21. The highest BCUT2D eigenvalue weighted by atomic mass is 16.6.